The maximum atomic E-state index is 13.4. The summed E-state index contributed by atoms with van der Waals surface area (Å²) in [6.45, 7) is 9.46. The van der Waals surface area contributed by atoms with Crippen molar-refractivity contribution in [1.82, 2.24) is 9.97 Å². The number of pyridine rings is 2. The molecule has 7 heteroatoms. The Kier molecular flexibility index (Phi) is 6.66. The first kappa shape index (κ1) is 24.5. The smallest absolute Gasteiger partial charge is 0.196 e. The molecule has 1 fully saturated rings. The summed E-state index contributed by atoms with van der Waals surface area (Å²) < 4.78 is 6.46. The maximum Gasteiger partial charge on any atom is 0.196 e. The van der Waals surface area contributed by atoms with Gasteiger partial charge in [-0.3, -0.25) is 9.78 Å². The van der Waals surface area contributed by atoms with E-state index < -0.39 is 0 Å². The van der Waals surface area contributed by atoms with Gasteiger partial charge in [-0.2, -0.15) is 5.26 Å². The van der Waals surface area contributed by atoms with Crippen molar-refractivity contribution in [3.63, 3.8) is 0 Å². The topological polar surface area (TPSA) is 95.1 Å². The molecule has 0 radical (unpaired) electrons. The molecule has 0 bridgehead atoms. The number of nitrogens with one attached hydrogen (secondary N) is 1. The van der Waals surface area contributed by atoms with Crippen molar-refractivity contribution in [3.8, 4) is 17.4 Å². The van der Waals surface area contributed by atoms with Crippen molar-refractivity contribution >= 4 is 22.5 Å². The van der Waals surface area contributed by atoms with Crippen LogP contribution >= 0.6 is 0 Å². The molecule has 1 aliphatic rings. The van der Waals surface area contributed by atoms with E-state index in [1.54, 1.807) is 19.3 Å². The van der Waals surface area contributed by atoms with Crippen molar-refractivity contribution in [3.05, 3.63) is 81.4 Å². The molecule has 1 saturated heterocycles. The molecule has 7 nitrogen and oxygen atoms in total. The minimum atomic E-state index is -0.157. The number of nitrogens with zero attached hydrogens (tertiary/aromatic N) is 4. The molecule has 1 aliphatic heterocycles. The molecule has 4 aromatic rings. The zero-order valence-corrected chi connectivity index (χ0v) is 21.7. The Morgan fingerprint density at radius 2 is 1.97 bits per heavy atom. The molecule has 5 rings (SSSR count). The highest BCUT2D eigenvalue weighted by molar-refractivity contribution is 5.84. The van der Waals surface area contributed by atoms with E-state index in [-0.39, 0.29) is 18.8 Å². The largest absolute Gasteiger partial charge is 0.455 e. The second-order valence-corrected chi connectivity index (χ2v) is 9.94. The molecule has 0 aliphatic carbocycles. The summed E-state index contributed by atoms with van der Waals surface area (Å²) >= 11 is 0. The van der Waals surface area contributed by atoms with Gasteiger partial charge < -0.3 is 14.6 Å². The van der Waals surface area contributed by atoms with Crippen LogP contribution in [0.15, 0.2) is 58.0 Å². The highest BCUT2D eigenvalue weighted by atomic mass is 16.3. The molecule has 0 spiro atoms. The van der Waals surface area contributed by atoms with Gasteiger partial charge in [0.05, 0.1) is 23.2 Å². The van der Waals surface area contributed by atoms with Crippen LogP contribution in [0.25, 0.3) is 22.3 Å². The molecule has 0 amide bonds. The number of hydrogen-bond acceptors (Lipinski definition) is 7. The molecule has 0 saturated carbocycles. The lowest BCUT2D eigenvalue weighted by Crippen LogP contribution is -2.34. The number of nitriles is 1. The average Bonchev–Trinajstić information content (AvgIpc) is 2.92. The Balaban J connectivity index is 0.00000336. The molecule has 190 valence electrons. The summed E-state index contributed by atoms with van der Waals surface area (Å²) in [5.74, 6) is 1.55. The number of anilines is 2. The van der Waals surface area contributed by atoms with Crippen molar-refractivity contribution in [2.45, 2.75) is 46.6 Å². The van der Waals surface area contributed by atoms with Crippen LogP contribution in [0.1, 0.15) is 49.6 Å². The van der Waals surface area contributed by atoms with Gasteiger partial charge in [-0.05, 0) is 76.4 Å². The van der Waals surface area contributed by atoms with Crippen molar-refractivity contribution in [2.75, 3.05) is 23.3 Å². The summed E-state index contributed by atoms with van der Waals surface area (Å²) in [6.07, 6.45) is 5.09. The predicted molar refractivity (Wildman–Crippen MR) is 149 cm³/mol. The molecule has 3 aromatic heterocycles. The molecule has 4 heterocycles. The number of aromatic nitrogens is 2. The fourth-order valence-corrected chi connectivity index (χ4v) is 5.09. The highest BCUT2D eigenvalue weighted by Crippen LogP contribution is 2.34. The van der Waals surface area contributed by atoms with E-state index >= 15 is 0 Å². The predicted octanol–water partition coefficient (Wildman–Crippen LogP) is 6.33. The van der Waals surface area contributed by atoms with Gasteiger partial charge in [0.25, 0.3) is 0 Å². The Morgan fingerprint density at radius 1 is 1.19 bits per heavy atom. The zero-order valence-electron chi connectivity index (χ0n) is 21.7. The lowest BCUT2D eigenvalue weighted by atomic mass is 9.98. The molecular weight excluding hydrogens is 462 g/mol. The van der Waals surface area contributed by atoms with Crippen LogP contribution in [0, 0.1) is 38.0 Å². The molecule has 1 N–H and O–H groups in total. The SMILES string of the molecule is Cc1cc([C@@H](C)Nc2ccc(C)nc2N2CCC(C#N)CC2)c2oc(-c3cccnc3)c(C)c(=O)c2c1.[HH]. The summed E-state index contributed by atoms with van der Waals surface area (Å²) in [7, 11) is 0. The van der Waals surface area contributed by atoms with Crippen LogP contribution in [0.5, 0.6) is 0 Å². The number of piperidine rings is 1. The molecule has 1 atom stereocenters. The summed E-state index contributed by atoms with van der Waals surface area (Å²) in [5, 5.41) is 13.5. The number of fused-ring (bicyclic) bond motifs is 1. The van der Waals surface area contributed by atoms with Crippen molar-refractivity contribution < 1.29 is 5.84 Å². The Bertz CT molecular complexity index is 1550. The number of aryl methyl sites for hydroxylation is 2. The summed E-state index contributed by atoms with van der Waals surface area (Å²) in [4.78, 5) is 24.7. The Labute approximate surface area is 218 Å². The third kappa shape index (κ3) is 4.79. The van der Waals surface area contributed by atoms with Gasteiger partial charge in [0.1, 0.15) is 11.3 Å². The molecule has 0 unspecified atom stereocenters. The maximum absolute atomic E-state index is 13.4. The quantitative estimate of drug-likeness (QED) is 0.345. The van der Waals surface area contributed by atoms with E-state index in [0.29, 0.717) is 22.3 Å². The van der Waals surface area contributed by atoms with E-state index in [0.717, 1.165) is 59.8 Å². The minimum absolute atomic E-state index is 0. The average molecular weight is 496 g/mol. The summed E-state index contributed by atoms with van der Waals surface area (Å²) in [6, 6.07) is 14.0. The third-order valence-electron chi connectivity index (χ3n) is 7.15. The Hall–Kier alpha value is -4.18. The first-order chi connectivity index (χ1) is 17.9. The van der Waals surface area contributed by atoms with Gasteiger partial charge in [-0.1, -0.05) is 6.07 Å². The lowest BCUT2D eigenvalue weighted by molar-refractivity contribution is 0.485. The van der Waals surface area contributed by atoms with Crippen molar-refractivity contribution in [1.29, 1.82) is 5.26 Å². The van der Waals surface area contributed by atoms with Crippen LogP contribution in [-0.2, 0) is 0 Å². The van der Waals surface area contributed by atoms with Gasteiger partial charge in [-0.25, -0.2) is 4.98 Å². The zero-order chi connectivity index (χ0) is 26.1. The second-order valence-electron chi connectivity index (χ2n) is 9.94. The van der Waals surface area contributed by atoms with E-state index in [2.05, 4.69) is 40.3 Å². The summed E-state index contributed by atoms with van der Waals surface area (Å²) in [5.41, 5.74) is 5.67. The monoisotopic (exact) mass is 495 g/mol. The van der Waals surface area contributed by atoms with Crippen LogP contribution < -0.4 is 15.6 Å². The molecule has 1 aromatic carbocycles. The van der Waals surface area contributed by atoms with Gasteiger partial charge in [0, 0.05) is 55.2 Å². The normalized spacial score (nSPS) is 14.9. The standard InChI is InChI=1S/C30H31N5O2.H2/c1-18-14-24(29-25(15-18)27(36)20(3)28(37-29)23-6-5-11-32-17-23)21(4)34-26-8-7-19(2)33-30(26)35-12-9-22(16-31)10-13-35;/h5-8,11,14-15,17,21-22,34H,9-10,12-13H2,1-4H3;1H/t21-;/m1./s1. The van der Waals surface area contributed by atoms with Gasteiger partial charge >= 0.3 is 0 Å². The second kappa shape index (κ2) is 10.1. The first-order valence-electron chi connectivity index (χ1n) is 12.7. The fraction of sp³-hybridized carbons (Fsp3) is 0.333. The lowest BCUT2D eigenvalue weighted by Gasteiger charge is -2.32. The van der Waals surface area contributed by atoms with E-state index in [1.165, 1.54) is 0 Å². The van der Waals surface area contributed by atoms with Crippen LogP contribution in [0.3, 0.4) is 0 Å². The van der Waals surface area contributed by atoms with Crippen molar-refractivity contribution in [2.24, 2.45) is 5.92 Å². The number of benzene rings is 1. The minimum Gasteiger partial charge on any atom is -0.455 e. The number of rotatable bonds is 5. The van der Waals surface area contributed by atoms with Crippen LogP contribution in [0.2, 0.25) is 0 Å². The fourth-order valence-electron chi connectivity index (χ4n) is 5.09. The third-order valence-corrected chi connectivity index (χ3v) is 7.15. The van der Waals surface area contributed by atoms with Crippen LogP contribution in [0.4, 0.5) is 11.5 Å². The highest BCUT2D eigenvalue weighted by Gasteiger charge is 2.24. The number of hydrogen-bond donors (Lipinski definition) is 1. The molecular formula is C30H33N5O2. The molecule has 37 heavy (non-hydrogen) atoms. The van der Waals surface area contributed by atoms with Gasteiger partial charge in [-0.15, -0.1) is 0 Å². The van der Waals surface area contributed by atoms with Gasteiger partial charge in [0.2, 0.25) is 0 Å². The first-order valence-corrected chi connectivity index (χ1v) is 12.7. The van der Waals surface area contributed by atoms with E-state index in [4.69, 9.17) is 9.40 Å². The van der Waals surface area contributed by atoms with Gasteiger partial charge in [0.15, 0.2) is 11.2 Å². The van der Waals surface area contributed by atoms with E-state index in [9.17, 15) is 10.1 Å². The Morgan fingerprint density at radius 3 is 2.68 bits per heavy atom. The van der Waals surface area contributed by atoms with Crippen LogP contribution in [-0.4, -0.2) is 23.1 Å². The van der Waals surface area contributed by atoms with E-state index in [1.807, 2.05) is 38.1 Å².